The van der Waals surface area contributed by atoms with E-state index in [0.29, 0.717) is 12.0 Å². The van der Waals surface area contributed by atoms with Gasteiger partial charge in [0.05, 0.1) is 11.0 Å². The number of carbonyl (C=O) groups excluding carboxylic acids is 1. The van der Waals surface area contributed by atoms with Crippen molar-refractivity contribution < 1.29 is 4.79 Å². The topological polar surface area (TPSA) is 46.9 Å². The van der Waals surface area contributed by atoms with Gasteiger partial charge in [0.1, 0.15) is 5.82 Å². The maximum Gasteiger partial charge on any atom is 0.251 e. The zero-order valence-electron chi connectivity index (χ0n) is 13.8. The second kappa shape index (κ2) is 5.99. The van der Waals surface area contributed by atoms with Crippen LogP contribution in [0.4, 0.5) is 0 Å². The van der Waals surface area contributed by atoms with Crippen LogP contribution in [0.5, 0.6) is 0 Å². The Labute approximate surface area is 137 Å². The standard InChI is InChI=1S/C19H25N3O/c1-13-9-10-22-17-8-7-14(12-16(17)21-18(22)11-13)19(23)20-15-5-3-2-4-6-15/h7-8,12-13,15H,2-6,9-11H2,1H3,(H,20,23)/t13-/m1/s1. The molecular formula is C19H25N3O. The maximum absolute atomic E-state index is 12.5. The molecule has 1 amide bonds. The lowest BCUT2D eigenvalue weighted by molar-refractivity contribution is 0.0928. The number of carbonyl (C=O) groups is 1. The Morgan fingerprint density at radius 3 is 2.87 bits per heavy atom. The summed E-state index contributed by atoms with van der Waals surface area (Å²) in [7, 11) is 0. The number of amides is 1. The van der Waals surface area contributed by atoms with E-state index in [1.54, 1.807) is 0 Å². The van der Waals surface area contributed by atoms with Crippen LogP contribution in [0, 0.1) is 5.92 Å². The third-order valence-electron chi connectivity index (χ3n) is 5.41. The number of aryl methyl sites for hydroxylation is 1. The number of fused-ring (bicyclic) bond motifs is 3. The molecule has 1 saturated carbocycles. The van der Waals surface area contributed by atoms with Crippen molar-refractivity contribution in [2.45, 2.75) is 64.5 Å². The normalized spacial score (nSPS) is 22.0. The summed E-state index contributed by atoms with van der Waals surface area (Å²) in [6.07, 6.45) is 8.25. The molecule has 1 aromatic heterocycles. The third-order valence-corrected chi connectivity index (χ3v) is 5.41. The summed E-state index contributed by atoms with van der Waals surface area (Å²) in [5, 5.41) is 3.20. The average molecular weight is 311 g/mol. The highest BCUT2D eigenvalue weighted by atomic mass is 16.1. The summed E-state index contributed by atoms with van der Waals surface area (Å²) in [4.78, 5) is 17.3. The molecule has 0 unspecified atom stereocenters. The van der Waals surface area contributed by atoms with Crippen molar-refractivity contribution in [3.05, 3.63) is 29.6 Å². The highest BCUT2D eigenvalue weighted by molar-refractivity contribution is 5.97. The van der Waals surface area contributed by atoms with E-state index in [2.05, 4.69) is 22.9 Å². The molecule has 2 heterocycles. The van der Waals surface area contributed by atoms with E-state index in [-0.39, 0.29) is 5.91 Å². The first-order valence-electron chi connectivity index (χ1n) is 9.01. The monoisotopic (exact) mass is 311 g/mol. The van der Waals surface area contributed by atoms with Crippen LogP contribution in [-0.4, -0.2) is 21.5 Å². The number of nitrogens with zero attached hydrogens (tertiary/aromatic N) is 2. The molecule has 4 rings (SSSR count). The zero-order valence-corrected chi connectivity index (χ0v) is 13.8. The first-order chi connectivity index (χ1) is 11.2. The zero-order chi connectivity index (χ0) is 15.8. The number of imidazole rings is 1. The van der Waals surface area contributed by atoms with E-state index in [9.17, 15) is 4.79 Å². The van der Waals surface area contributed by atoms with Gasteiger partial charge in [-0.2, -0.15) is 0 Å². The smallest absolute Gasteiger partial charge is 0.251 e. The molecule has 122 valence electrons. The Bertz CT molecular complexity index is 728. The lowest BCUT2D eigenvalue weighted by atomic mass is 9.95. The van der Waals surface area contributed by atoms with Gasteiger partial charge < -0.3 is 9.88 Å². The van der Waals surface area contributed by atoms with E-state index in [1.165, 1.54) is 37.0 Å². The lowest BCUT2D eigenvalue weighted by Crippen LogP contribution is -2.36. The fourth-order valence-electron chi connectivity index (χ4n) is 4.01. The molecule has 23 heavy (non-hydrogen) atoms. The molecule has 0 spiro atoms. The second-order valence-corrected chi connectivity index (χ2v) is 7.29. The van der Waals surface area contributed by atoms with E-state index < -0.39 is 0 Å². The molecule has 4 heteroatoms. The predicted molar refractivity (Wildman–Crippen MR) is 91.6 cm³/mol. The van der Waals surface area contributed by atoms with E-state index in [4.69, 9.17) is 4.98 Å². The molecule has 1 aliphatic carbocycles. The van der Waals surface area contributed by atoms with Crippen molar-refractivity contribution in [1.29, 1.82) is 0 Å². The summed E-state index contributed by atoms with van der Waals surface area (Å²) in [5.41, 5.74) is 2.87. The van der Waals surface area contributed by atoms with Gasteiger partial charge in [0.25, 0.3) is 5.91 Å². The number of nitrogens with one attached hydrogen (secondary N) is 1. The van der Waals surface area contributed by atoms with E-state index in [1.807, 2.05) is 12.1 Å². The van der Waals surface area contributed by atoms with Gasteiger partial charge >= 0.3 is 0 Å². The summed E-state index contributed by atoms with van der Waals surface area (Å²) in [6.45, 7) is 3.33. The molecule has 1 aromatic carbocycles. The quantitative estimate of drug-likeness (QED) is 0.919. The van der Waals surface area contributed by atoms with E-state index >= 15 is 0 Å². The van der Waals surface area contributed by atoms with Crippen LogP contribution in [0.2, 0.25) is 0 Å². The van der Waals surface area contributed by atoms with Gasteiger partial charge in [-0.15, -0.1) is 0 Å². The summed E-state index contributed by atoms with van der Waals surface area (Å²) < 4.78 is 2.32. The molecule has 0 bridgehead atoms. The number of rotatable bonds is 2. The van der Waals surface area contributed by atoms with Gasteiger partial charge in [-0.25, -0.2) is 4.98 Å². The SMILES string of the molecule is C[C@@H]1CCn2c(nc3cc(C(=O)NC4CCCCC4)ccc32)C1. The number of benzene rings is 1. The van der Waals surface area contributed by atoms with Crippen LogP contribution in [-0.2, 0) is 13.0 Å². The van der Waals surface area contributed by atoms with Crippen molar-refractivity contribution in [2.75, 3.05) is 0 Å². The molecule has 0 radical (unpaired) electrons. The van der Waals surface area contributed by atoms with Crippen molar-refractivity contribution in [2.24, 2.45) is 5.92 Å². The Morgan fingerprint density at radius 1 is 1.22 bits per heavy atom. The Hall–Kier alpha value is -1.84. The van der Waals surface area contributed by atoms with Crippen LogP contribution in [0.3, 0.4) is 0 Å². The van der Waals surface area contributed by atoms with Gasteiger partial charge in [-0.3, -0.25) is 4.79 Å². The van der Waals surface area contributed by atoms with Gasteiger partial charge in [0.15, 0.2) is 0 Å². The van der Waals surface area contributed by atoms with Crippen molar-refractivity contribution >= 4 is 16.9 Å². The largest absolute Gasteiger partial charge is 0.349 e. The van der Waals surface area contributed by atoms with Crippen LogP contribution in [0.25, 0.3) is 11.0 Å². The van der Waals surface area contributed by atoms with E-state index in [0.717, 1.165) is 36.9 Å². The van der Waals surface area contributed by atoms with Crippen molar-refractivity contribution in [1.82, 2.24) is 14.9 Å². The number of hydrogen-bond donors (Lipinski definition) is 1. The summed E-state index contributed by atoms with van der Waals surface area (Å²) >= 11 is 0. The first-order valence-corrected chi connectivity index (χ1v) is 9.01. The highest BCUT2D eigenvalue weighted by Gasteiger charge is 2.21. The molecule has 1 atom stereocenters. The van der Waals surface area contributed by atoms with Crippen LogP contribution in [0.15, 0.2) is 18.2 Å². The Morgan fingerprint density at radius 2 is 2.04 bits per heavy atom. The van der Waals surface area contributed by atoms with Crippen LogP contribution >= 0.6 is 0 Å². The molecule has 2 aromatic rings. The maximum atomic E-state index is 12.5. The van der Waals surface area contributed by atoms with Gasteiger partial charge in [0.2, 0.25) is 0 Å². The van der Waals surface area contributed by atoms with Crippen LogP contribution < -0.4 is 5.32 Å². The third kappa shape index (κ3) is 2.87. The Balaban J connectivity index is 1.57. The minimum Gasteiger partial charge on any atom is -0.349 e. The fourth-order valence-corrected chi connectivity index (χ4v) is 4.01. The highest BCUT2D eigenvalue weighted by Crippen LogP contribution is 2.26. The first kappa shape index (κ1) is 14.7. The van der Waals surface area contributed by atoms with Gasteiger partial charge in [-0.1, -0.05) is 26.2 Å². The molecule has 0 saturated heterocycles. The number of aromatic nitrogens is 2. The number of hydrogen-bond acceptors (Lipinski definition) is 2. The Kier molecular flexibility index (Phi) is 3.83. The van der Waals surface area contributed by atoms with Crippen LogP contribution in [0.1, 0.15) is 61.6 Å². The van der Waals surface area contributed by atoms with Crippen molar-refractivity contribution in [3.8, 4) is 0 Å². The molecule has 1 N–H and O–H groups in total. The van der Waals surface area contributed by atoms with Gasteiger partial charge in [0, 0.05) is 24.6 Å². The van der Waals surface area contributed by atoms with Gasteiger partial charge in [-0.05, 0) is 43.4 Å². The minimum atomic E-state index is 0.0538. The molecule has 1 aliphatic heterocycles. The lowest BCUT2D eigenvalue weighted by Gasteiger charge is -2.22. The van der Waals surface area contributed by atoms with Crippen molar-refractivity contribution in [3.63, 3.8) is 0 Å². The fraction of sp³-hybridized carbons (Fsp3) is 0.579. The predicted octanol–water partition coefficient (Wildman–Crippen LogP) is 3.68. The molecule has 2 aliphatic rings. The summed E-state index contributed by atoms with van der Waals surface area (Å²) in [5.74, 6) is 1.93. The summed E-state index contributed by atoms with van der Waals surface area (Å²) in [6, 6.07) is 6.33. The molecule has 4 nitrogen and oxygen atoms in total. The average Bonchev–Trinajstić information content (AvgIpc) is 2.92. The minimum absolute atomic E-state index is 0.0538. The molecular weight excluding hydrogens is 286 g/mol. The molecule has 1 fully saturated rings. The second-order valence-electron chi connectivity index (χ2n) is 7.29.